The van der Waals surface area contributed by atoms with E-state index in [-0.39, 0.29) is 30.2 Å². The van der Waals surface area contributed by atoms with Gasteiger partial charge in [-0.3, -0.25) is 0 Å². The van der Waals surface area contributed by atoms with Crippen LogP contribution in [0.3, 0.4) is 0 Å². The summed E-state index contributed by atoms with van der Waals surface area (Å²) in [4.78, 5) is 4.52. The summed E-state index contributed by atoms with van der Waals surface area (Å²) in [7, 11) is 0. The molecule has 1 aromatic heterocycles. The Kier molecular flexibility index (Phi) is 12.2. The molecule has 146 valence electrons. The summed E-state index contributed by atoms with van der Waals surface area (Å²) >= 11 is 0. The van der Waals surface area contributed by atoms with E-state index in [1.165, 1.54) is 0 Å². The Morgan fingerprint density at radius 3 is 2.48 bits per heavy atom. The van der Waals surface area contributed by atoms with Crippen molar-refractivity contribution in [2.45, 2.75) is 33.9 Å². The van der Waals surface area contributed by atoms with E-state index in [4.69, 9.17) is 4.74 Å². The predicted molar refractivity (Wildman–Crippen MR) is 118 cm³/mol. The molecule has 0 unspecified atom stereocenters. The molecule has 0 fully saturated rings. The van der Waals surface area contributed by atoms with Gasteiger partial charge in [0.05, 0.1) is 5.69 Å². The smallest absolute Gasteiger partial charge is 0.213 e. The lowest BCUT2D eigenvalue weighted by Crippen LogP contribution is -2.14. The second-order valence-corrected chi connectivity index (χ2v) is 6.79. The van der Waals surface area contributed by atoms with Crippen LogP contribution in [0, 0.1) is 17.3 Å². The summed E-state index contributed by atoms with van der Waals surface area (Å²) in [5.41, 5.74) is 2.14. The standard InChI is InChI=1S/C22H26N2O.2ClH/c1-22(2,3)15-8-5-9-16-23-17-20-13-10-14-21(24-20)25-18-19-11-6-4-7-12-19;;/h4-7,9-14,23H,16-18H2,1-3H3;2*1H. The average Bonchev–Trinajstić information content (AvgIpc) is 2.59. The first-order valence-corrected chi connectivity index (χ1v) is 8.54. The van der Waals surface area contributed by atoms with Crippen molar-refractivity contribution in [3.8, 4) is 17.7 Å². The van der Waals surface area contributed by atoms with Gasteiger partial charge in [0.25, 0.3) is 0 Å². The second kappa shape index (κ2) is 13.2. The predicted octanol–water partition coefficient (Wildman–Crippen LogP) is 5.20. The maximum Gasteiger partial charge on any atom is 0.213 e. The van der Waals surface area contributed by atoms with Gasteiger partial charge in [-0.25, -0.2) is 4.98 Å². The van der Waals surface area contributed by atoms with Gasteiger partial charge in [0.1, 0.15) is 6.61 Å². The van der Waals surface area contributed by atoms with Crippen molar-refractivity contribution >= 4 is 24.8 Å². The molecule has 0 spiro atoms. The zero-order chi connectivity index (χ0) is 18.0. The fraction of sp³-hybridized carbons (Fsp3) is 0.318. The van der Waals surface area contributed by atoms with Crippen LogP contribution in [-0.4, -0.2) is 11.5 Å². The minimum atomic E-state index is 0. The summed E-state index contributed by atoms with van der Waals surface area (Å²) in [6.45, 7) is 8.29. The molecule has 0 aliphatic heterocycles. The lowest BCUT2D eigenvalue weighted by atomic mass is 9.98. The first kappa shape index (κ1) is 25.0. The first-order valence-electron chi connectivity index (χ1n) is 8.54. The van der Waals surface area contributed by atoms with E-state index in [9.17, 15) is 0 Å². The van der Waals surface area contributed by atoms with Crippen LogP contribution in [0.1, 0.15) is 32.0 Å². The van der Waals surface area contributed by atoms with Gasteiger partial charge in [-0.2, -0.15) is 0 Å². The summed E-state index contributed by atoms with van der Waals surface area (Å²) in [6, 6.07) is 15.9. The van der Waals surface area contributed by atoms with E-state index in [1.807, 2.05) is 60.7 Å². The van der Waals surface area contributed by atoms with Gasteiger partial charge in [-0.1, -0.05) is 54.3 Å². The number of nitrogens with one attached hydrogen (secondary N) is 1. The lowest BCUT2D eigenvalue weighted by molar-refractivity contribution is 0.293. The normalized spacial score (nSPS) is 10.3. The molecule has 0 bridgehead atoms. The maximum atomic E-state index is 5.75. The van der Waals surface area contributed by atoms with Gasteiger partial charge >= 0.3 is 0 Å². The molecule has 3 nitrogen and oxygen atoms in total. The molecule has 0 atom stereocenters. The molecule has 0 amide bonds. The van der Waals surface area contributed by atoms with Crippen molar-refractivity contribution in [3.05, 3.63) is 71.9 Å². The van der Waals surface area contributed by atoms with E-state index in [0.717, 1.165) is 17.8 Å². The number of hydrogen-bond acceptors (Lipinski definition) is 3. The number of pyridine rings is 1. The number of aromatic nitrogens is 1. The van der Waals surface area contributed by atoms with Crippen LogP contribution in [0.2, 0.25) is 0 Å². The average molecular weight is 407 g/mol. The zero-order valence-electron chi connectivity index (χ0n) is 16.1. The van der Waals surface area contributed by atoms with Crippen LogP contribution in [0.5, 0.6) is 5.88 Å². The third-order valence-electron chi connectivity index (χ3n) is 3.23. The molecule has 0 aliphatic carbocycles. The summed E-state index contributed by atoms with van der Waals surface area (Å²) in [6.07, 6.45) is 3.92. The Bertz CT molecular complexity index is 744. The SMILES string of the molecule is CC(C)(C)C#CC=CCNCc1cccc(OCc2ccccc2)n1.Cl.Cl. The van der Waals surface area contributed by atoms with Gasteiger partial charge in [-0.15, -0.1) is 24.8 Å². The highest BCUT2D eigenvalue weighted by Gasteiger charge is 2.02. The van der Waals surface area contributed by atoms with Crippen LogP contribution in [0.15, 0.2) is 60.7 Å². The third-order valence-corrected chi connectivity index (χ3v) is 3.23. The van der Waals surface area contributed by atoms with Crippen molar-refractivity contribution in [3.63, 3.8) is 0 Å². The Hall–Kier alpha value is -1.99. The third kappa shape index (κ3) is 11.4. The number of allylic oxidation sites excluding steroid dienone is 1. The quantitative estimate of drug-likeness (QED) is 0.506. The van der Waals surface area contributed by atoms with Gasteiger partial charge in [0.2, 0.25) is 5.88 Å². The molecular formula is C22H28Cl2N2O. The van der Waals surface area contributed by atoms with Crippen molar-refractivity contribution in [2.75, 3.05) is 6.54 Å². The van der Waals surface area contributed by atoms with Gasteiger partial charge < -0.3 is 10.1 Å². The molecule has 1 aromatic carbocycles. The highest BCUT2D eigenvalue weighted by Crippen LogP contribution is 2.11. The molecule has 2 aromatic rings. The Morgan fingerprint density at radius 2 is 1.78 bits per heavy atom. The molecule has 2 rings (SSSR count). The molecule has 0 saturated carbocycles. The second-order valence-electron chi connectivity index (χ2n) is 6.79. The molecule has 0 saturated heterocycles. The minimum Gasteiger partial charge on any atom is -0.473 e. The van der Waals surface area contributed by atoms with Crippen molar-refractivity contribution in [1.82, 2.24) is 10.3 Å². The molecule has 1 N–H and O–H groups in total. The van der Waals surface area contributed by atoms with E-state index in [0.29, 0.717) is 19.0 Å². The molecule has 0 radical (unpaired) electrons. The maximum absolute atomic E-state index is 5.75. The minimum absolute atomic E-state index is 0. The zero-order valence-corrected chi connectivity index (χ0v) is 17.7. The number of halogens is 2. The number of benzene rings is 1. The van der Waals surface area contributed by atoms with Gasteiger partial charge in [0.15, 0.2) is 0 Å². The van der Waals surface area contributed by atoms with Gasteiger partial charge in [-0.05, 0) is 38.5 Å². The van der Waals surface area contributed by atoms with Crippen molar-refractivity contribution in [2.24, 2.45) is 5.41 Å². The van der Waals surface area contributed by atoms with Crippen LogP contribution >= 0.6 is 24.8 Å². The number of hydrogen-bond donors (Lipinski definition) is 1. The largest absolute Gasteiger partial charge is 0.473 e. The Labute approximate surface area is 175 Å². The van der Waals surface area contributed by atoms with E-state index < -0.39 is 0 Å². The van der Waals surface area contributed by atoms with Crippen LogP contribution in [-0.2, 0) is 13.2 Å². The number of ether oxygens (including phenoxy) is 1. The monoisotopic (exact) mass is 406 g/mol. The molecule has 5 heteroatoms. The van der Waals surface area contributed by atoms with E-state index in [2.05, 4.69) is 42.9 Å². The highest BCUT2D eigenvalue weighted by atomic mass is 35.5. The van der Waals surface area contributed by atoms with Crippen LogP contribution in [0.25, 0.3) is 0 Å². The summed E-state index contributed by atoms with van der Waals surface area (Å²) in [5, 5.41) is 3.33. The van der Waals surface area contributed by atoms with E-state index >= 15 is 0 Å². The Morgan fingerprint density at radius 1 is 1.04 bits per heavy atom. The summed E-state index contributed by atoms with van der Waals surface area (Å²) in [5.74, 6) is 6.88. The number of nitrogens with zero attached hydrogens (tertiary/aromatic N) is 1. The van der Waals surface area contributed by atoms with Crippen LogP contribution in [0.4, 0.5) is 0 Å². The van der Waals surface area contributed by atoms with Crippen LogP contribution < -0.4 is 10.1 Å². The van der Waals surface area contributed by atoms with E-state index in [1.54, 1.807) is 0 Å². The van der Waals surface area contributed by atoms with Crippen molar-refractivity contribution < 1.29 is 4.74 Å². The molecule has 0 aliphatic rings. The Balaban J connectivity index is 0.00000338. The fourth-order valence-corrected chi connectivity index (χ4v) is 2.03. The number of rotatable bonds is 7. The summed E-state index contributed by atoms with van der Waals surface area (Å²) < 4.78 is 5.75. The van der Waals surface area contributed by atoms with Gasteiger partial charge in [0, 0.05) is 24.6 Å². The first-order chi connectivity index (χ1) is 12.0. The molecule has 1 heterocycles. The molecular weight excluding hydrogens is 379 g/mol. The lowest BCUT2D eigenvalue weighted by Gasteiger charge is -2.07. The molecule has 27 heavy (non-hydrogen) atoms. The highest BCUT2D eigenvalue weighted by molar-refractivity contribution is 5.85. The van der Waals surface area contributed by atoms with Crippen molar-refractivity contribution in [1.29, 1.82) is 0 Å². The fourth-order valence-electron chi connectivity index (χ4n) is 2.03. The topological polar surface area (TPSA) is 34.1 Å².